The summed E-state index contributed by atoms with van der Waals surface area (Å²) in [5.74, 6) is 2.41. The predicted molar refractivity (Wildman–Crippen MR) is 115 cm³/mol. The van der Waals surface area contributed by atoms with E-state index in [4.69, 9.17) is 19.3 Å². The van der Waals surface area contributed by atoms with Crippen molar-refractivity contribution < 1.29 is 43.3 Å². The summed E-state index contributed by atoms with van der Waals surface area (Å²) in [7, 11) is 0. The second-order valence-corrected chi connectivity index (χ2v) is 7.40. The number of carbonyl (C=O) groups is 5. The van der Waals surface area contributed by atoms with Gasteiger partial charge in [-0.2, -0.15) is 0 Å². The molecule has 0 spiro atoms. The van der Waals surface area contributed by atoms with Gasteiger partial charge in [-0.15, -0.1) is 0 Å². The number of carboxylic acids is 1. The molecule has 34 heavy (non-hydrogen) atoms. The minimum absolute atomic E-state index is 0.0509. The molecule has 3 rings (SSSR count). The van der Waals surface area contributed by atoms with Gasteiger partial charge in [-0.05, 0) is 18.6 Å². The number of carboxylic acid groups (broad SMARTS) is 1. The van der Waals surface area contributed by atoms with E-state index < -0.39 is 35.6 Å². The van der Waals surface area contributed by atoms with Gasteiger partial charge < -0.3 is 19.3 Å². The van der Waals surface area contributed by atoms with Crippen molar-refractivity contribution in [1.29, 1.82) is 0 Å². The fraction of sp³-hybridized carbons (Fsp3) is 0.435. The zero-order valence-electron chi connectivity index (χ0n) is 18.3. The van der Waals surface area contributed by atoms with E-state index in [9.17, 15) is 24.0 Å². The van der Waals surface area contributed by atoms with Gasteiger partial charge in [0.1, 0.15) is 12.6 Å². The molecular weight excluding hydrogens is 448 g/mol. The summed E-state index contributed by atoms with van der Waals surface area (Å²) in [6, 6.07) is 3.69. The molecule has 2 aliphatic rings. The van der Waals surface area contributed by atoms with Gasteiger partial charge in [0.15, 0.2) is 0 Å². The summed E-state index contributed by atoms with van der Waals surface area (Å²) in [4.78, 5) is 60.6. The second-order valence-electron chi connectivity index (χ2n) is 7.40. The van der Waals surface area contributed by atoms with Crippen molar-refractivity contribution >= 4 is 29.6 Å². The van der Waals surface area contributed by atoms with Gasteiger partial charge in [0.25, 0.3) is 11.8 Å². The molecule has 1 saturated heterocycles. The van der Waals surface area contributed by atoms with Gasteiger partial charge in [0.2, 0.25) is 11.8 Å². The Balaban J connectivity index is 1.47. The number of nitrogens with zero attached hydrogens (tertiary/aromatic N) is 1. The highest BCUT2D eigenvalue weighted by Crippen LogP contribution is 2.29. The van der Waals surface area contributed by atoms with Crippen LogP contribution in [0, 0.1) is 11.8 Å². The largest absolute Gasteiger partial charge is 0.481 e. The van der Waals surface area contributed by atoms with Crippen LogP contribution >= 0.6 is 0 Å². The highest BCUT2D eigenvalue weighted by Gasteiger charge is 2.45. The monoisotopic (exact) mass is 472 g/mol. The van der Waals surface area contributed by atoms with E-state index in [0.717, 1.165) is 4.90 Å². The molecule has 0 aliphatic carbocycles. The number of nitrogens with one attached hydrogen (secondary N) is 1. The van der Waals surface area contributed by atoms with Gasteiger partial charge >= 0.3 is 5.97 Å². The molecule has 2 heterocycles. The average molecular weight is 472 g/mol. The van der Waals surface area contributed by atoms with Crippen molar-refractivity contribution in [2.75, 3.05) is 39.6 Å². The summed E-state index contributed by atoms with van der Waals surface area (Å²) in [6.45, 7) is 1.38. The number of aliphatic carboxylic acids is 1. The van der Waals surface area contributed by atoms with E-state index in [1.165, 1.54) is 6.07 Å². The third kappa shape index (κ3) is 6.26. The Labute approximate surface area is 195 Å². The van der Waals surface area contributed by atoms with Crippen molar-refractivity contribution in [2.24, 2.45) is 0 Å². The lowest BCUT2D eigenvalue weighted by molar-refractivity contribution is -0.138. The molecule has 0 radical (unpaired) electrons. The first-order valence-electron chi connectivity index (χ1n) is 10.7. The lowest BCUT2D eigenvalue weighted by Gasteiger charge is -2.27. The number of rotatable bonds is 11. The van der Waals surface area contributed by atoms with Gasteiger partial charge in [-0.1, -0.05) is 17.9 Å². The molecule has 2 N–H and O–H groups in total. The third-order valence-corrected chi connectivity index (χ3v) is 5.07. The van der Waals surface area contributed by atoms with Gasteiger partial charge in [-0.25, -0.2) is 0 Å². The maximum atomic E-state index is 13.0. The zero-order chi connectivity index (χ0) is 24.5. The Hall–Kier alpha value is -3.59. The molecule has 1 aromatic carbocycles. The van der Waals surface area contributed by atoms with E-state index >= 15 is 0 Å². The van der Waals surface area contributed by atoms with Crippen molar-refractivity contribution in [3.63, 3.8) is 0 Å². The van der Waals surface area contributed by atoms with Gasteiger partial charge in [-0.3, -0.25) is 34.2 Å². The Morgan fingerprint density at radius 3 is 2.44 bits per heavy atom. The Morgan fingerprint density at radius 1 is 1.03 bits per heavy atom. The lowest BCUT2D eigenvalue weighted by Crippen LogP contribution is -2.54. The number of piperidine rings is 1. The van der Waals surface area contributed by atoms with Crippen LogP contribution in [-0.4, -0.2) is 85.3 Å². The average Bonchev–Trinajstić information content (AvgIpc) is 3.05. The summed E-state index contributed by atoms with van der Waals surface area (Å²) < 4.78 is 15.7. The van der Waals surface area contributed by atoms with Crippen LogP contribution in [0.15, 0.2) is 18.2 Å². The molecule has 11 nitrogen and oxygen atoms in total. The number of benzene rings is 1. The molecule has 4 amide bonds. The topological polar surface area (TPSA) is 149 Å². The number of hydrogen-bond donors (Lipinski definition) is 2. The van der Waals surface area contributed by atoms with Crippen LogP contribution in [0.3, 0.4) is 0 Å². The second kappa shape index (κ2) is 12.0. The van der Waals surface area contributed by atoms with Crippen molar-refractivity contribution in [3.8, 4) is 11.8 Å². The number of imide groups is 2. The first-order chi connectivity index (χ1) is 16.4. The predicted octanol–water partition coefficient (Wildman–Crippen LogP) is -0.0362. The SMILES string of the molecule is O=C(O)CCOCCOCCOCC#Cc1cccc2c1C(=O)N(C1CCC(=O)NC1=O)C2=O. The summed E-state index contributed by atoms with van der Waals surface area (Å²) in [5, 5.41) is 10.6. The first kappa shape index (κ1) is 25.0. The maximum absolute atomic E-state index is 13.0. The van der Waals surface area contributed by atoms with E-state index in [-0.39, 0.29) is 56.8 Å². The molecule has 0 saturated carbocycles. The number of fused-ring (bicyclic) bond motifs is 1. The minimum Gasteiger partial charge on any atom is -0.481 e. The quantitative estimate of drug-likeness (QED) is 0.257. The lowest BCUT2D eigenvalue weighted by atomic mass is 10.0. The van der Waals surface area contributed by atoms with Crippen molar-refractivity contribution in [2.45, 2.75) is 25.3 Å². The number of hydrogen-bond acceptors (Lipinski definition) is 8. The summed E-state index contributed by atoms with van der Waals surface area (Å²) >= 11 is 0. The van der Waals surface area contributed by atoms with E-state index in [0.29, 0.717) is 18.8 Å². The van der Waals surface area contributed by atoms with Gasteiger partial charge in [0, 0.05) is 12.0 Å². The number of carbonyl (C=O) groups excluding carboxylic acids is 4. The molecular formula is C23H24N2O9. The Bertz CT molecular complexity index is 1040. The molecule has 0 aromatic heterocycles. The van der Waals surface area contributed by atoms with Crippen LogP contribution < -0.4 is 5.32 Å². The highest BCUT2D eigenvalue weighted by molar-refractivity contribution is 6.24. The first-order valence-corrected chi connectivity index (χ1v) is 10.7. The standard InChI is InChI=1S/C23H24N2O9/c26-18-7-6-17(21(29)24-18)25-22(30)16-5-1-3-15(20(16)23(25)31)4-2-9-32-11-13-34-14-12-33-10-8-19(27)28/h1,3,5,17H,6-14H2,(H,27,28)(H,24,26,29). The van der Waals surface area contributed by atoms with Crippen molar-refractivity contribution in [3.05, 3.63) is 34.9 Å². The smallest absolute Gasteiger partial charge is 0.305 e. The molecule has 2 aliphatic heterocycles. The summed E-state index contributed by atoms with van der Waals surface area (Å²) in [6.07, 6.45) is 0.0813. The fourth-order valence-corrected chi connectivity index (χ4v) is 3.47. The zero-order valence-corrected chi connectivity index (χ0v) is 18.3. The van der Waals surface area contributed by atoms with Crippen LogP contribution in [0.2, 0.25) is 0 Å². The molecule has 1 aromatic rings. The Kier molecular flexibility index (Phi) is 8.86. The van der Waals surface area contributed by atoms with E-state index in [1.54, 1.807) is 12.1 Å². The van der Waals surface area contributed by atoms with Crippen LogP contribution in [0.4, 0.5) is 0 Å². The van der Waals surface area contributed by atoms with Gasteiger partial charge in [0.05, 0.1) is 50.6 Å². The molecule has 1 fully saturated rings. The van der Waals surface area contributed by atoms with E-state index in [1.807, 2.05) is 0 Å². The number of amides is 4. The van der Waals surface area contributed by atoms with Crippen LogP contribution in [0.25, 0.3) is 0 Å². The number of ether oxygens (including phenoxy) is 3. The molecule has 0 bridgehead atoms. The van der Waals surface area contributed by atoms with E-state index in [2.05, 4.69) is 17.2 Å². The van der Waals surface area contributed by atoms with Crippen LogP contribution in [0.5, 0.6) is 0 Å². The van der Waals surface area contributed by atoms with Crippen LogP contribution in [0.1, 0.15) is 45.5 Å². The third-order valence-electron chi connectivity index (χ3n) is 5.07. The molecule has 1 unspecified atom stereocenters. The summed E-state index contributed by atoms with van der Waals surface area (Å²) in [5.41, 5.74) is 0.654. The fourth-order valence-electron chi connectivity index (χ4n) is 3.47. The van der Waals surface area contributed by atoms with Crippen LogP contribution in [-0.2, 0) is 28.6 Å². The highest BCUT2D eigenvalue weighted by atomic mass is 16.5. The normalized spacial score (nSPS) is 17.3. The molecule has 1 atom stereocenters. The molecule has 180 valence electrons. The maximum Gasteiger partial charge on any atom is 0.305 e. The molecule has 11 heteroatoms. The van der Waals surface area contributed by atoms with Crippen molar-refractivity contribution in [1.82, 2.24) is 10.2 Å². The Morgan fingerprint density at radius 2 is 1.74 bits per heavy atom. The minimum atomic E-state index is -1.03.